The van der Waals surface area contributed by atoms with Crippen molar-refractivity contribution < 1.29 is 27.4 Å². The summed E-state index contributed by atoms with van der Waals surface area (Å²) in [5.41, 5.74) is 0.467. The summed E-state index contributed by atoms with van der Waals surface area (Å²) in [6.45, 7) is 5.14. The van der Waals surface area contributed by atoms with Crippen LogP contribution in [0.25, 0.3) is 10.9 Å². The van der Waals surface area contributed by atoms with Crippen molar-refractivity contribution in [3.63, 3.8) is 0 Å². The first-order chi connectivity index (χ1) is 12.6. The maximum atomic E-state index is 13.4. The highest BCUT2D eigenvalue weighted by atomic mass is 19.4. The third-order valence-electron chi connectivity index (χ3n) is 4.18. The second-order valence-corrected chi connectivity index (χ2v) is 7.39. The fourth-order valence-corrected chi connectivity index (χ4v) is 3.01. The van der Waals surface area contributed by atoms with E-state index >= 15 is 0 Å². The first kappa shape index (κ1) is 19.4. The Bertz CT molecular complexity index is 846. The second-order valence-electron chi connectivity index (χ2n) is 7.39. The number of anilines is 1. The van der Waals surface area contributed by atoms with Gasteiger partial charge in [0.25, 0.3) is 0 Å². The number of aromatic nitrogens is 1. The Morgan fingerprint density at radius 3 is 2.67 bits per heavy atom. The van der Waals surface area contributed by atoms with Crippen LogP contribution in [0.5, 0.6) is 0 Å². The fourth-order valence-electron chi connectivity index (χ4n) is 3.01. The van der Waals surface area contributed by atoms with Crippen LogP contribution in [-0.2, 0) is 9.47 Å². The molecule has 1 aliphatic rings. The van der Waals surface area contributed by atoms with E-state index < -0.39 is 30.4 Å². The topological polar surface area (TPSA) is 51.7 Å². The zero-order valence-electron chi connectivity index (χ0n) is 15.3. The van der Waals surface area contributed by atoms with Crippen molar-refractivity contribution in [1.82, 2.24) is 4.98 Å². The minimum absolute atomic E-state index is 0.109. The largest absolute Gasteiger partial charge is 0.456 e. The van der Waals surface area contributed by atoms with Gasteiger partial charge in [0.15, 0.2) is 0 Å². The molecule has 2 aromatic rings. The Morgan fingerprint density at radius 1 is 1.26 bits per heavy atom. The normalized spacial score (nSPS) is 18.6. The molecule has 1 fully saturated rings. The number of nitrogens with zero attached hydrogens (tertiary/aromatic N) is 2. The fraction of sp³-hybridized carbons (Fsp3) is 0.474. The number of esters is 1. The van der Waals surface area contributed by atoms with Gasteiger partial charge in [-0.3, -0.25) is 4.98 Å². The summed E-state index contributed by atoms with van der Waals surface area (Å²) >= 11 is 0. The van der Waals surface area contributed by atoms with Gasteiger partial charge in [-0.15, -0.1) is 0 Å². The van der Waals surface area contributed by atoms with E-state index in [9.17, 15) is 18.0 Å². The molecule has 0 spiro atoms. The smallest absolute Gasteiger partial charge is 0.411 e. The summed E-state index contributed by atoms with van der Waals surface area (Å²) in [5, 5.41) is 0.455. The molecule has 3 rings (SSSR count). The van der Waals surface area contributed by atoms with Crippen LogP contribution in [0.3, 0.4) is 0 Å². The Hall–Kier alpha value is -2.35. The molecule has 0 amide bonds. The Labute approximate surface area is 155 Å². The van der Waals surface area contributed by atoms with Crippen molar-refractivity contribution in [2.45, 2.75) is 38.6 Å². The van der Waals surface area contributed by atoms with Gasteiger partial charge in [-0.05, 0) is 45.0 Å². The molecule has 0 saturated carbocycles. The van der Waals surface area contributed by atoms with E-state index in [1.807, 2.05) is 0 Å². The van der Waals surface area contributed by atoms with Gasteiger partial charge in [0.05, 0.1) is 24.3 Å². The number of ether oxygens (including phenoxy) is 2. The molecule has 1 aromatic carbocycles. The van der Waals surface area contributed by atoms with Crippen LogP contribution < -0.4 is 4.90 Å². The molecule has 0 unspecified atom stereocenters. The third kappa shape index (κ3) is 4.32. The van der Waals surface area contributed by atoms with Crippen LogP contribution >= 0.6 is 0 Å². The molecule has 1 aliphatic heterocycles. The molecule has 8 heteroatoms. The molecule has 27 heavy (non-hydrogen) atoms. The van der Waals surface area contributed by atoms with Gasteiger partial charge in [-0.1, -0.05) is 0 Å². The number of benzene rings is 1. The van der Waals surface area contributed by atoms with Crippen LogP contribution in [0.1, 0.15) is 31.1 Å². The van der Waals surface area contributed by atoms with Gasteiger partial charge in [0.2, 0.25) is 0 Å². The summed E-state index contributed by atoms with van der Waals surface area (Å²) < 4.78 is 50.6. The lowest BCUT2D eigenvalue weighted by Gasteiger charge is -2.38. The lowest BCUT2D eigenvalue weighted by molar-refractivity contribution is -0.167. The average Bonchev–Trinajstić information content (AvgIpc) is 2.58. The van der Waals surface area contributed by atoms with E-state index in [4.69, 9.17) is 9.47 Å². The quantitative estimate of drug-likeness (QED) is 0.736. The predicted octanol–water partition coefficient (Wildman–Crippen LogP) is 3.96. The van der Waals surface area contributed by atoms with Crippen molar-refractivity contribution in [3.8, 4) is 0 Å². The highest BCUT2D eigenvalue weighted by molar-refractivity contribution is 6.04. The molecular formula is C19H21F3N2O3. The van der Waals surface area contributed by atoms with Crippen LogP contribution in [0.2, 0.25) is 0 Å². The van der Waals surface area contributed by atoms with Gasteiger partial charge in [-0.25, -0.2) is 4.79 Å². The van der Waals surface area contributed by atoms with E-state index in [1.165, 1.54) is 17.2 Å². The molecule has 1 saturated heterocycles. The van der Waals surface area contributed by atoms with Crippen LogP contribution in [0.15, 0.2) is 30.5 Å². The summed E-state index contributed by atoms with van der Waals surface area (Å²) in [5.74, 6) is -0.540. The maximum Gasteiger partial charge on any atom is 0.411 e. The summed E-state index contributed by atoms with van der Waals surface area (Å²) in [4.78, 5) is 18.0. The van der Waals surface area contributed by atoms with Gasteiger partial charge in [0.1, 0.15) is 11.6 Å². The Morgan fingerprint density at radius 2 is 2.00 bits per heavy atom. The third-order valence-corrected chi connectivity index (χ3v) is 4.18. The second kappa shape index (κ2) is 6.99. The number of alkyl halides is 3. The minimum atomic E-state index is -4.42. The number of rotatable bonds is 2. The standard InChI is InChI=1S/C19H21F3N2O3/c1-18(2,3)27-17(25)13-6-7-23-15-5-4-12(10-14(13)15)24-8-9-26-11-16(24)19(20,21)22/h4-7,10,16H,8-9,11H2,1-3H3/t16-/m1/s1. The average molecular weight is 382 g/mol. The number of hydrogen-bond acceptors (Lipinski definition) is 5. The summed E-state index contributed by atoms with van der Waals surface area (Å²) in [7, 11) is 0. The zero-order chi connectivity index (χ0) is 19.8. The predicted molar refractivity (Wildman–Crippen MR) is 94.9 cm³/mol. The van der Waals surface area contributed by atoms with Crippen molar-refractivity contribution in [3.05, 3.63) is 36.0 Å². The molecule has 0 bridgehead atoms. The molecule has 1 aromatic heterocycles. The van der Waals surface area contributed by atoms with E-state index in [2.05, 4.69) is 4.98 Å². The van der Waals surface area contributed by atoms with Crippen molar-refractivity contribution in [2.24, 2.45) is 0 Å². The first-order valence-electron chi connectivity index (χ1n) is 8.59. The molecule has 5 nitrogen and oxygen atoms in total. The zero-order valence-corrected chi connectivity index (χ0v) is 15.3. The van der Waals surface area contributed by atoms with E-state index in [1.54, 1.807) is 39.0 Å². The van der Waals surface area contributed by atoms with Crippen LogP contribution in [-0.4, -0.2) is 48.5 Å². The maximum absolute atomic E-state index is 13.4. The van der Waals surface area contributed by atoms with Crippen molar-refractivity contribution in [1.29, 1.82) is 0 Å². The summed E-state index contributed by atoms with van der Waals surface area (Å²) in [6, 6.07) is 4.54. The SMILES string of the molecule is CC(C)(C)OC(=O)c1ccnc2ccc(N3CCOC[C@@H]3C(F)(F)F)cc12. The Kier molecular flexibility index (Phi) is 5.03. The molecule has 0 aliphatic carbocycles. The van der Waals surface area contributed by atoms with Crippen LogP contribution in [0.4, 0.5) is 18.9 Å². The van der Waals surface area contributed by atoms with Crippen LogP contribution in [0, 0.1) is 0 Å². The van der Waals surface area contributed by atoms with E-state index in [0.29, 0.717) is 16.6 Å². The van der Waals surface area contributed by atoms with Gasteiger partial charge < -0.3 is 14.4 Å². The molecule has 1 atom stereocenters. The van der Waals surface area contributed by atoms with Gasteiger partial charge in [0, 0.05) is 23.8 Å². The highest BCUT2D eigenvalue weighted by Gasteiger charge is 2.45. The molecule has 0 radical (unpaired) electrons. The number of carbonyl (C=O) groups is 1. The van der Waals surface area contributed by atoms with Gasteiger partial charge in [-0.2, -0.15) is 13.2 Å². The number of halogens is 3. The Balaban J connectivity index is 2.03. The number of morpholine rings is 1. The van der Waals surface area contributed by atoms with E-state index in [-0.39, 0.29) is 18.7 Å². The number of carbonyl (C=O) groups excluding carboxylic acids is 1. The minimum Gasteiger partial charge on any atom is -0.456 e. The molecule has 0 N–H and O–H groups in total. The van der Waals surface area contributed by atoms with E-state index in [0.717, 1.165) is 0 Å². The number of hydrogen-bond donors (Lipinski definition) is 0. The van der Waals surface area contributed by atoms with Crippen molar-refractivity contribution in [2.75, 3.05) is 24.7 Å². The van der Waals surface area contributed by atoms with Gasteiger partial charge >= 0.3 is 12.1 Å². The number of fused-ring (bicyclic) bond motifs is 1. The molecular weight excluding hydrogens is 361 g/mol. The molecule has 2 heterocycles. The lowest BCUT2D eigenvalue weighted by atomic mass is 10.1. The summed E-state index contributed by atoms with van der Waals surface area (Å²) in [6.07, 6.45) is -2.94. The highest BCUT2D eigenvalue weighted by Crippen LogP contribution is 2.33. The monoisotopic (exact) mass is 382 g/mol. The van der Waals surface area contributed by atoms with Crippen molar-refractivity contribution >= 4 is 22.6 Å². The lowest BCUT2D eigenvalue weighted by Crippen LogP contribution is -2.53. The number of pyridine rings is 1. The molecule has 146 valence electrons. The first-order valence-corrected chi connectivity index (χ1v) is 8.59.